The third kappa shape index (κ3) is 3.24. The van der Waals surface area contributed by atoms with Crippen molar-refractivity contribution in [3.63, 3.8) is 0 Å². The largest absolute Gasteiger partial charge is 0.457 e. The minimum absolute atomic E-state index is 0.0269. The van der Waals surface area contributed by atoms with Crippen molar-refractivity contribution >= 4 is 0 Å². The van der Waals surface area contributed by atoms with Crippen molar-refractivity contribution in [2.75, 3.05) is 0 Å². The van der Waals surface area contributed by atoms with E-state index >= 15 is 0 Å². The van der Waals surface area contributed by atoms with Gasteiger partial charge in [0, 0.05) is 23.9 Å². The molecule has 20 heavy (non-hydrogen) atoms. The minimum Gasteiger partial charge on any atom is -0.457 e. The van der Waals surface area contributed by atoms with Crippen molar-refractivity contribution in [1.29, 1.82) is 0 Å². The van der Waals surface area contributed by atoms with E-state index in [2.05, 4.69) is 4.98 Å². The minimum atomic E-state index is -4.58. The number of nitrogens with zero attached hydrogens (tertiary/aromatic N) is 1. The number of aliphatic hydroxyl groups excluding tert-OH is 1. The van der Waals surface area contributed by atoms with E-state index in [-0.39, 0.29) is 17.1 Å². The highest BCUT2D eigenvalue weighted by Crippen LogP contribution is 2.31. The fourth-order valence-corrected chi connectivity index (χ4v) is 1.49. The molecule has 0 radical (unpaired) electrons. The van der Waals surface area contributed by atoms with Gasteiger partial charge in [0.25, 0.3) is 0 Å². The average Bonchev–Trinajstić information content (AvgIpc) is 2.38. The normalized spacial score (nSPS) is 11.4. The van der Waals surface area contributed by atoms with Crippen LogP contribution in [0.1, 0.15) is 11.3 Å². The molecule has 1 N–H and O–H groups in total. The standard InChI is InChI=1S/C13H9F4NO2/c14-11-5-9(2-1-8(11)7-19)20-10-3-4-18-12(6-10)13(15,16)17/h1-6,19H,7H2. The average molecular weight is 287 g/mol. The highest BCUT2D eigenvalue weighted by atomic mass is 19.4. The lowest BCUT2D eigenvalue weighted by atomic mass is 10.2. The highest BCUT2D eigenvalue weighted by molar-refractivity contribution is 5.34. The van der Waals surface area contributed by atoms with E-state index in [1.807, 2.05) is 0 Å². The molecule has 7 heteroatoms. The van der Waals surface area contributed by atoms with Crippen LogP contribution in [0, 0.1) is 5.82 Å². The molecular weight excluding hydrogens is 278 g/mol. The fraction of sp³-hybridized carbons (Fsp3) is 0.154. The molecule has 2 rings (SSSR count). The van der Waals surface area contributed by atoms with Crippen molar-refractivity contribution in [3.8, 4) is 11.5 Å². The van der Waals surface area contributed by atoms with Gasteiger partial charge in [0.2, 0.25) is 0 Å². The molecule has 0 aliphatic carbocycles. The van der Waals surface area contributed by atoms with Gasteiger partial charge < -0.3 is 9.84 Å². The summed E-state index contributed by atoms with van der Waals surface area (Å²) in [5, 5.41) is 8.81. The maximum absolute atomic E-state index is 13.4. The summed E-state index contributed by atoms with van der Waals surface area (Å²) >= 11 is 0. The molecule has 0 aliphatic rings. The second-order valence-corrected chi connectivity index (χ2v) is 3.89. The first-order valence-electron chi connectivity index (χ1n) is 5.50. The molecule has 0 amide bonds. The van der Waals surface area contributed by atoms with Gasteiger partial charge in [-0.1, -0.05) is 6.07 Å². The number of ether oxygens (including phenoxy) is 1. The Labute approximate surface area is 111 Å². The number of hydrogen-bond acceptors (Lipinski definition) is 3. The van der Waals surface area contributed by atoms with Gasteiger partial charge in [-0.25, -0.2) is 4.39 Å². The van der Waals surface area contributed by atoms with Gasteiger partial charge in [0.15, 0.2) is 0 Å². The van der Waals surface area contributed by atoms with Crippen LogP contribution in [-0.4, -0.2) is 10.1 Å². The Balaban J connectivity index is 2.24. The summed E-state index contributed by atoms with van der Waals surface area (Å²) in [6.07, 6.45) is -3.62. The van der Waals surface area contributed by atoms with Crippen molar-refractivity contribution in [3.05, 3.63) is 53.6 Å². The lowest BCUT2D eigenvalue weighted by molar-refractivity contribution is -0.141. The zero-order valence-corrected chi connectivity index (χ0v) is 9.99. The molecule has 0 atom stereocenters. The molecule has 0 bridgehead atoms. The Hall–Kier alpha value is -2.15. The summed E-state index contributed by atoms with van der Waals surface area (Å²) in [6.45, 7) is -0.473. The zero-order valence-electron chi connectivity index (χ0n) is 9.99. The summed E-state index contributed by atoms with van der Waals surface area (Å²) in [4.78, 5) is 3.19. The van der Waals surface area contributed by atoms with Crippen LogP contribution in [0.2, 0.25) is 0 Å². The Kier molecular flexibility index (Phi) is 3.89. The first-order valence-corrected chi connectivity index (χ1v) is 5.50. The molecule has 1 aromatic carbocycles. The molecule has 3 nitrogen and oxygen atoms in total. The van der Waals surface area contributed by atoms with Gasteiger partial charge >= 0.3 is 6.18 Å². The van der Waals surface area contributed by atoms with Gasteiger partial charge in [-0.3, -0.25) is 4.98 Å². The number of aliphatic hydroxyl groups is 1. The fourth-order valence-electron chi connectivity index (χ4n) is 1.49. The van der Waals surface area contributed by atoms with Gasteiger partial charge in [0.05, 0.1) is 6.61 Å². The first kappa shape index (κ1) is 14.3. The van der Waals surface area contributed by atoms with Gasteiger partial charge in [-0.05, 0) is 12.1 Å². The van der Waals surface area contributed by atoms with Crippen LogP contribution in [0.15, 0.2) is 36.5 Å². The Morgan fingerprint density at radius 2 is 1.80 bits per heavy atom. The van der Waals surface area contributed by atoms with Gasteiger partial charge in [0.1, 0.15) is 23.0 Å². The monoisotopic (exact) mass is 287 g/mol. The van der Waals surface area contributed by atoms with Crippen LogP contribution in [0.3, 0.4) is 0 Å². The summed E-state index contributed by atoms with van der Waals surface area (Å²) in [7, 11) is 0. The first-order chi connectivity index (χ1) is 9.40. The van der Waals surface area contributed by atoms with Gasteiger partial charge in [-0.2, -0.15) is 13.2 Å². The number of halogens is 4. The van der Waals surface area contributed by atoms with Crippen LogP contribution in [0.25, 0.3) is 0 Å². The number of aromatic nitrogens is 1. The van der Waals surface area contributed by atoms with Crippen LogP contribution in [0.5, 0.6) is 11.5 Å². The molecule has 0 fully saturated rings. The lowest BCUT2D eigenvalue weighted by Crippen LogP contribution is -2.07. The van der Waals surface area contributed by atoms with Crippen molar-refractivity contribution in [2.24, 2.45) is 0 Å². The summed E-state index contributed by atoms with van der Waals surface area (Å²) in [6, 6.07) is 5.57. The number of hydrogen-bond donors (Lipinski definition) is 1. The second-order valence-electron chi connectivity index (χ2n) is 3.89. The number of rotatable bonds is 3. The Morgan fingerprint density at radius 3 is 2.40 bits per heavy atom. The van der Waals surface area contributed by atoms with Crippen molar-refractivity contribution in [1.82, 2.24) is 4.98 Å². The maximum Gasteiger partial charge on any atom is 0.433 e. The number of benzene rings is 1. The quantitative estimate of drug-likeness (QED) is 0.878. The van der Waals surface area contributed by atoms with Crippen LogP contribution >= 0.6 is 0 Å². The molecule has 1 heterocycles. The maximum atomic E-state index is 13.4. The van der Waals surface area contributed by atoms with E-state index in [0.29, 0.717) is 0 Å². The zero-order chi connectivity index (χ0) is 14.8. The third-order valence-corrected chi connectivity index (χ3v) is 2.45. The number of alkyl halides is 3. The Bertz CT molecular complexity index is 614. The van der Waals surface area contributed by atoms with Crippen LogP contribution in [-0.2, 0) is 12.8 Å². The molecule has 2 aromatic rings. The van der Waals surface area contributed by atoms with E-state index in [9.17, 15) is 17.6 Å². The van der Waals surface area contributed by atoms with E-state index in [4.69, 9.17) is 9.84 Å². The SMILES string of the molecule is OCc1ccc(Oc2ccnc(C(F)(F)F)c2)cc1F. The van der Waals surface area contributed by atoms with Crippen molar-refractivity contribution < 1.29 is 27.4 Å². The molecule has 0 unspecified atom stereocenters. The van der Waals surface area contributed by atoms with E-state index in [1.165, 1.54) is 18.2 Å². The lowest BCUT2D eigenvalue weighted by Gasteiger charge is -2.09. The van der Waals surface area contributed by atoms with Crippen LogP contribution in [0.4, 0.5) is 17.6 Å². The molecule has 0 saturated carbocycles. The topological polar surface area (TPSA) is 42.4 Å². The molecule has 0 saturated heterocycles. The predicted octanol–water partition coefficient (Wildman–Crippen LogP) is 3.52. The Morgan fingerprint density at radius 1 is 1.10 bits per heavy atom. The summed E-state index contributed by atoms with van der Waals surface area (Å²) < 4.78 is 55.9. The molecular formula is C13H9F4NO2. The summed E-state index contributed by atoms with van der Waals surface area (Å²) in [5.74, 6) is -0.780. The summed E-state index contributed by atoms with van der Waals surface area (Å²) in [5.41, 5.74) is -1.02. The van der Waals surface area contributed by atoms with Crippen molar-refractivity contribution in [2.45, 2.75) is 12.8 Å². The van der Waals surface area contributed by atoms with E-state index < -0.39 is 24.3 Å². The van der Waals surface area contributed by atoms with Gasteiger partial charge in [-0.15, -0.1) is 0 Å². The van der Waals surface area contributed by atoms with E-state index in [1.54, 1.807) is 0 Å². The number of pyridine rings is 1. The van der Waals surface area contributed by atoms with E-state index in [0.717, 1.165) is 18.3 Å². The second kappa shape index (κ2) is 5.46. The van der Waals surface area contributed by atoms with Crippen LogP contribution < -0.4 is 4.74 Å². The smallest absolute Gasteiger partial charge is 0.433 e. The molecule has 106 valence electrons. The highest BCUT2D eigenvalue weighted by Gasteiger charge is 2.32. The third-order valence-electron chi connectivity index (χ3n) is 2.45. The predicted molar refractivity (Wildman–Crippen MR) is 61.6 cm³/mol. The molecule has 1 aromatic heterocycles. The molecule has 0 aliphatic heterocycles. The molecule has 0 spiro atoms.